The monoisotopic (exact) mass is 435 g/mol. The average molecular weight is 436 g/mol. The molecule has 2 aromatic heterocycles. The summed E-state index contributed by atoms with van der Waals surface area (Å²) >= 11 is 0. The highest BCUT2D eigenvalue weighted by Crippen LogP contribution is 2.21. The number of hydrogen-bond donors (Lipinski definition) is 2. The minimum Gasteiger partial charge on any atom is -0.316 e. The maximum absolute atomic E-state index is 12.5. The maximum Gasteiger partial charge on any atom is 0.226 e. The van der Waals surface area contributed by atoms with Gasteiger partial charge in [-0.25, -0.2) is 4.98 Å². The number of nitrogens with zero attached hydrogens (tertiary/aromatic N) is 3. The molecular weight excluding hydrogens is 409 g/mol. The summed E-state index contributed by atoms with van der Waals surface area (Å²) in [5.74, 6) is 1.27. The summed E-state index contributed by atoms with van der Waals surface area (Å²) in [5.41, 5.74) is 2.96. The Hall–Kier alpha value is -2.15. The van der Waals surface area contributed by atoms with Crippen molar-refractivity contribution < 1.29 is 4.79 Å². The highest BCUT2D eigenvalue weighted by Gasteiger charge is 2.17. The first-order valence-corrected chi connectivity index (χ1v) is 9.65. The largest absolute Gasteiger partial charge is 0.316 e. The topological polar surface area (TPSA) is 71.8 Å². The second kappa shape index (κ2) is 11.1. The van der Waals surface area contributed by atoms with Crippen molar-refractivity contribution in [2.75, 3.05) is 18.4 Å². The van der Waals surface area contributed by atoms with E-state index in [1.165, 1.54) is 0 Å². The van der Waals surface area contributed by atoms with Crippen LogP contribution in [0.2, 0.25) is 0 Å². The molecule has 0 saturated carbocycles. The van der Waals surface area contributed by atoms with Crippen molar-refractivity contribution >= 4 is 47.7 Å². The molecule has 1 aliphatic heterocycles. The number of halogens is 2. The molecule has 3 aromatic rings. The molecule has 0 bridgehead atoms. The van der Waals surface area contributed by atoms with Crippen molar-refractivity contribution in [3.63, 3.8) is 0 Å². The standard InChI is InChI=1S/C21H25N5O.2ClH/c27-20(9-8-16-10-13-22-15-16)25-21-24-18-6-1-2-7-19(18)26(21)14-11-17-5-3-4-12-23-17;;/h1-7,12,16,22H,8-11,13-15H2,(H,24,25,27);2*1H. The Morgan fingerprint density at radius 3 is 2.76 bits per heavy atom. The second-order valence-corrected chi connectivity index (χ2v) is 7.09. The molecule has 8 heteroatoms. The number of imidazole rings is 1. The van der Waals surface area contributed by atoms with Gasteiger partial charge < -0.3 is 9.88 Å². The van der Waals surface area contributed by atoms with Crippen LogP contribution in [0.5, 0.6) is 0 Å². The first kappa shape index (κ1) is 23.1. The van der Waals surface area contributed by atoms with Crippen molar-refractivity contribution in [2.45, 2.75) is 32.2 Å². The van der Waals surface area contributed by atoms with Gasteiger partial charge in [0.05, 0.1) is 11.0 Å². The molecule has 1 aliphatic rings. The molecule has 1 fully saturated rings. The summed E-state index contributed by atoms with van der Waals surface area (Å²) in [5, 5.41) is 6.38. The lowest BCUT2D eigenvalue weighted by Crippen LogP contribution is -2.18. The highest BCUT2D eigenvalue weighted by atomic mass is 35.5. The predicted molar refractivity (Wildman–Crippen MR) is 121 cm³/mol. The van der Waals surface area contributed by atoms with Crippen LogP contribution in [0.25, 0.3) is 11.0 Å². The summed E-state index contributed by atoms with van der Waals surface area (Å²) < 4.78 is 2.08. The third-order valence-electron chi connectivity index (χ3n) is 5.17. The smallest absolute Gasteiger partial charge is 0.226 e. The van der Waals surface area contributed by atoms with E-state index in [4.69, 9.17) is 0 Å². The Morgan fingerprint density at radius 2 is 2.00 bits per heavy atom. The fraction of sp³-hybridized carbons (Fsp3) is 0.381. The summed E-state index contributed by atoms with van der Waals surface area (Å²) in [6.07, 6.45) is 5.22. The number of fused-ring (bicyclic) bond motifs is 1. The number of anilines is 1. The van der Waals surface area contributed by atoms with Gasteiger partial charge in [-0.3, -0.25) is 15.1 Å². The number of para-hydroxylation sites is 2. The van der Waals surface area contributed by atoms with Crippen LogP contribution in [-0.2, 0) is 17.8 Å². The Bertz CT molecular complexity index is 910. The average Bonchev–Trinajstić information content (AvgIpc) is 3.33. The molecule has 29 heavy (non-hydrogen) atoms. The lowest BCUT2D eigenvalue weighted by molar-refractivity contribution is -0.116. The number of pyridine rings is 1. The van der Waals surface area contributed by atoms with Crippen molar-refractivity contribution in [3.05, 3.63) is 54.4 Å². The van der Waals surface area contributed by atoms with Crippen LogP contribution in [-0.4, -0.2) is 33.5 Å². The number of aromatic nitrogens is 3. The van der Waals surface area contributed by atoms with Crippen molar-refractivity contribution in [3.8, 4) is 0 Å². The molecule has 0 spiro atoms. The van der Waals surface area contributed by atoms with Crippen LogP contribution in [0.4, 0.5) is 5.95 Å². The molecule has 3 heterocycles. The molecule has 2 N–H and O–H groups in total. The quantitative estimate of drug-likeness (QED) is 0.590. The molecular formula is C21H27Cl2N5O. The first-order valence-electron chi connectivity index (χ1n) is 9.65. The zero-order chi connectivity index (χ0) is 18.5. The molecule has 0 radical (unpaired) electrons. The summed E-state index contributed by atoms with van der Waals surface area (Å²) in [4.78, 5) is 21.5. The molecule has 0 aliphatic carbocycles. The normalized spacial score (nSPS) is 15.5. The number of benzene rings is 1. The van der Waals surface area contributed by atoms with Crippen LogP contribution >= 0.6 is 24.8 Å². The fourth-order valence-electron chi connectivity index (χ4n) is 3.65. The molecule has 1 atom stereocenters. The Labute approximate surface area is 183 Å². The molecule has 4 rings (SSSR count). The van der Waals surface area contributed by atoms with E-state index in [0.29, 0.717) is 18.3 Å². The number of amides is 1. The van der Waals surface area contributed by atoms with Gasteiger partial charge in [0.25, 0.3) is 0 Å². The van der Waals surface area contributed by atoms with Gasteiger partial charge in [-0.2, -0.15) is 0 Å². The zero-order valence-electron chi connectivity index (χ0n) is 16.2. The van der Waals surface area contributed by atoms with E-state index >= 15 is 0 Å². The Morgan fingerprint density at radius 1 is 1.17 bits per heavy atom. The third kappa shape index (κ3) is 5.92. The van der Waals surface area contributed by atoms with Crippen LogP contribution in [0.15, 0.2) is 48.7 Å². The van der Waals surface area contributed by atoms with E-state index in [1.54, 1.807) is 0 Å². The lowest BCUT2D eigenvalue weighted by Gasteiger charge is -2.11. The van der Waals surface area contributed by atoms with Crippen LogP contribution < -0.4 is 10.6 Å². The number of carbonyl (C=O) groups excluding carboxylic acids is 1. The van der Waals surface area contributed by atoms with Crippen LogP contribution in [0, 0.1) is 5.92 Å². The van der Waals surface area contributed by atoms with Crippen LogP contribution in [0.1, 0.15) is 25.0 Å². The van der Waals surface area contributed by atoms with E-state index in [9.17, 15) is 4.79 Å². The summed E-state index contributed by atoms with van der Waals surface area (Å²) in [6, 6.07) is 13.9. The molecule has 1 unspecified atom stereocenters. The molecule has 6 nitrogen and oxygen atoms in total. The van der Waals surface area contributed by atoms with Gasteiger partial charge in [0.1, 0.15) is 0 Å². The second-order valence-electron chi connectivity index (χ2n) is 7.09. The van der Waals surface area contributed by atoms with Crippen molar-refractivity contribution in [1.29, 1.82) is 0 Å². The van der Waals surface area contributed by atoms with Crippen LogP contribution in [0.3, 0.4) is 0 Å². The van der Waals surface area contributed by atoms with E-state index in [-0.39, 0.29) is 30.7 Å². The van der Waals surface area contributed by atoms with E-state index in [2.05, 4.69) is 25.2 Å². The first-order chi connectivity index (χ1) is 13.3. The summed E-state index contributed by atoms with van der Waals surface area (Å²) in [7, 11) is 0. The molecule has 1 aromatic carbocycles. The maximum atomic E-state index is 12.5. The van der Waals surface area contributed by atoms with Gasteiger partial charge in [0.2, 0.25) is 11.9 Å². The van der Waals surface area contributed by atoms with E-state index in [0.717, 1.165) is 55.6 Å². The third-order valence-corrected chi connectivity index (χ3v) is 5.17. The zero-order valence-corrected chi connectivity index (χ0v) is 17.8. The molecule has 1 saturated heterocycles. The minimum absolute atomic E-state index is 0. The Balaban J connectivity index is 0.00000150. The van der Waals surface area contributed by atoms with Gasteiger partial charge in [-0.05, 0) is 56.1 Å². The molecule has 156 valence electrons. The van der Waals surface area contributed by atoms with E-state index < -0.39 is 0 Å². The summed E-state index contributed by atoms with van der Waals surface area (Å²) in [6.45, 7) is 2.81. The predicted octanol–water partition coefficient (Wildman–Crippen LogP) is 3.85. The number of hydrogen-bond acceptors (Lipinski definition) is 4. The SMILES string of the molecule is Cl.Cl.O=C(CCC1CCNC1)Nc1nc2ccccc2n1CCc1ccccn1. The van der Waals surface area contributed by atoms with Gasteiger partial charge in [0.15, 0.2) is 0 Å². The Kier molecular flexibility index (Phi) is 8.89. The molecule has 1 amide bonds. The van der Waals surface area contributed by atoms with Gasteiger partial charge in [-0.15, -0.1) is 24.8 Å². The van der Waals surface area contributed by atoms with Crippen molar-refractivity contribution in [2.24, 2.45) is 5.92 Å². The van der Waals surface area contributed by atoms with E-state index in [1.807, 2.05) is 48.7 Å². The highest BCUT2D eigenvalue weighted by molar-refractivity contribution is 5.91. The number of rotatable bonds is 7. The number of nitrogens with one attached hydrogen (secondary N) is 2. The lowest BCUT2D eigenvalue weighted by atomic mass is 10.0. The van der Waals surface area contributed by atoms with Gasteiger partial charge in [-0.1, -0.05) is 18.2 Å². The fourth-order valence-corrected chi connectivity index (χ4v) is 3.65. The van der Waals surface area contributed by atoms with Gasteiger partial charge >= 0.3 is 0 Å². The van der Waals surface area contributed by atoms with Crippen molar-refractivity contribution in [1.82, 2.24) is 19.9 Å². The minimum atomic E-state index is 0. The number of carbonyl (C=O) groups is 1. The van der Waals surface area contributed by atoms with Gasteiger partial charge in [0, 0.05) is 31.3 Å². The number of aryl methyl sites for hydroxylation is 2.